The Balaban J connectivity index is 1.75. The van der Waals surface area contributed by atoms with Gasteiger partial charge in [-0.1, -0.05) is 32.0 Å². The molecule has 0 unspecified atom stereocenters. The van der Waals surface area contributed by atoms with Crippen LogP contribution < -0.4 is 5.32 Å². The van der Waals surface area contributed by atoms with E-state index < -0.39 is 0 Å². The molecule has 0 aliphatic heterocycles. The Hall–Kier alpha value is -1.81. The van der Waals surface area contributed by atoms with Crippen LogP contribution in [0, 0.1) is 0 Å². The number of thiophene rings is 1. The molecule has 1 N–H and O–H groups in total. The molecule has 1 aromatic carbocycles. The molecule has 0 saturated heterocycles. The molecule has 0 bridgehead atoms. The number of hydrogen-bond acceptors (Lipinski definition) is 4. The summed E-state index contributed by atoms with van der Waals surface area (Å²) in [5, 5.41) is 6.78. The first-order chi connectivity index (χ1) is 9.24. The van der Waals surface area contributed by atoms with Crippen LogP contribution in [0.2, 0.25) is 0 Å². The van der Waals surface area contributed by atoms with Gasteiger partial charge in [-0.3, -0.25) is 0 Å². The maximum Gasteiger partial charge on any atom is 0.213 e. The molecule has 0 saturated carbocycles. The van der Waals surface area contributed by atoms with Gasteiger partial charge in [0.05, 0.1) is 18.4 Å². The third-order valence-corrected chi connectivity index (χ3v) is 4.02. The van der Waals surface area contributed by atoms with Crippen LogP contribution in [0.4, 0.5) is 5.69 Å². The van der Waals surface area contributed by atoms with Crippen molar-refractivity contribution in [2.45, 2.75) is 26.3 Å². The zero-order valence-electron chi connectivity index (χ0n) is 11.0. The highest BCUT2D eigenvalue weighted by atomic mass is 32.1. The van der Waals surface area contributed by atoms with Crippen molar-refractivity contribution in [1.82, 2.24) is 4.98 Å². The fourth-order valence-corrected chi connectivity index (χ4v) is 2.88. The lowest BCUT2D eigenvalue weighted by Crippen LogP contribution is -1.98. The minimum atomic E-state index is 0.378. The van der Waals surface area contributed by atoms with Gasteiger partial charge in [-0.15, -0.1) is 11.3 Å². The summed E-state index contributed by atoms with van der Waals surface area (Å²) in [6, 6.07) is 8.38. The number of nitrogens with one attached hydrogen (secondary N) is 1. The fourth-order valence-electron chi connectivity index (χ4n) is 1.96. The fraction of sp³-hybridized carbons (Fsp3) is 0.267. The molecule has 2 heterocycles. The van der Waals surface area contributed by atoms with Crippen molar-refractivity contribution >= 4 is 27.1 Å². The zero-order valence-corrected chi connectivity index (χ0v) is 11.8. The number of oxazole rings is 1. The van der Waals surface area contributed by atoms with E-state index in [4.69, 9.17) is 4.42 Å². The Morgan fingerprint density at radius 2 is 2.16 bits per heavy atom. The second kappa shape index (κ2) is 5.05. The highest BCUT2D eigenvalue weighted by Crippen LogP contribution is 2.30. The number of hydrogen-bond donors (Lipinski definition) is 1. The molecule has 0 fully saturated rings. The maximum atomic E-state index is 5.69. The second-order valence-electron chi connectivity index (χ2n) is 4.81. The first-order valence-corrected chi connectivity index (χ1v) is 7.26. The first-order valence-electron chi connectivity index (χ1n) is 6.39. The van der Waals surface area contributed by atoms with Gasteiger partial charge in [0.1, 0.15) is 5.76 Å². The van der Waals surface area contributed by atoms with E-state index in [9.17, 15) is 0 Å². The number of aromatic nitrogens is 1. The standard InChI is InChI=1S/C15H16N2OS/c1-10(2)13-7-17-15(18-13)8-16-12-9-19-14-6-4-3-5-11(12)14/h3-7,9-10,16H,8H2,1-2H3. The highest BCUT2D eigenvalue weighted by molar-refractivity contribution is 7.17. The Labute approximate surface area is 116 Å². The van der Waals surface area contributed by atoms with Crippen LogP contribution in [0.1, 0.15) is 31.4 Å². The lowest BCUT2D eigenvalue weighted by Gasteiger charge is -2.02. The van der Waals surface area contributed by atoms with E-state index in [1.807, 2.05) is 6.20 Å². The van der Waals surface area contributed by atoms with Gasteiger partial charge >= 0.3 is 0 Å². The van der Waals surface area contributed by atoms with Gasteiger partial charge in [0.15, 0.2) is 0 Å². The van der Waals surface area contributed by atoms with E-state index in [0.717, 1.165) is 17.3 Å². The molecular weight excluding hydrogens is 256 g/mol. The minimum Gasteiger partial charge on any atom is -0.444 e. The molecule has 0 aliphatic carbocycles. The van der Waals surface area contributed by atoms with Crippen LogP contribution in [0.3, 0.4) is 0 Å². The van der Waals surface area contributed by atoms with Gasteiger partial charge in [-0.25, -0.2) is 4.98 Å². The molecule has 3 aromatic rings. The second-order valence-corrected chi connectivity index (χ2v) is 5.72. The average Bonchev–Trinajstić information content (AvgIpc) is 3.03. The summed E-state index contributed by atoms with van der Waals surface area (Å²) in [5.41, 5.74) is 1.14. The molecule has 0 spiro atoms. The van der Waals surface area contributed by atoms with E-state index in [1.165, 1.54) is 10.1 Å². The SMILES string of the molecule is CC(C)c1cnc(CNc2csc3ccccc23)o1. The summed E-state index contributed by atoms with van der Waals surface area (Å²) in [6.07, 6.45) is 1.81. The summed E-state index contributed by atoms with van der Waals surface area (Å²) >= 11 is 1.75. The van der Waals surface area contributed by atoms with Crippen molar-refractivity contribution in [2.24, 2.45) is 0 Å². The van der Waals surface area contributed by atoms with E-state index >= 15 is 0 Å². The first kappa shape index (κ1) is 12.2. The van der Waals surface area contributed by atoms with Crippen molar-refractivity contribution in [1.29, 1.82) is 0 Å². The summed E-state index contributed by atoms with van der Waals surface area (Å²) in [6.45, 7) is 4.82. The van der Waals surface area contributed by atoms with Crippen molar-refractivity contribution in [3.05, 3.63) is 47.5 Å². The smallest absolute Gasteiger partial charge is 0.213 e. The molecule has 3 nitrogen and oxygen atoms in total. The Kier molecular flexibility index (Phi) is 3.25. The molecule has 4 heteroatoms. The van der Waals surface area contributed by atoms with Crippen LogP contribution in [0.25, 0.3) is 10.1 Å². The van der Waals surface area contributed by atoms with Crippen molar-refractivity contribution in [3.63, 3.8) is 0 Å². The summed E-state index contributed by atoms with van der Waals surface area (Å²) in [4.78, 5) is 4.29. The molecule has 0 radical (unpaired) electrons. The minimum absolute atomic E-state index is 0.378. The Morgan fingerprint density at radius 1 is 1.32 bits per heavy atom. The maximum absolute atomic E-state index is 5.69. The third kappa shape index (κ3) is 2.49. The van der Waals surface area contributed by atoms with E-state index in [-0.39, 0.29) is 0 Å². The summed E-state index contributed by atoms with van der Waals surface area (Å²) in [5.74, 6) is 2.05. The van der Waals surface area contributed by atoms with Crippen molar-refractivity contribution in [2.75, 3.05) is 5.32 Å². The van der Waals surface area contributed by atoms with Crippen LogP contribution >= 0.6 is 11.3 Å². The summed E-state index contributed by atoms with van der Waals surface area (Å²) in [7, 11) is 0. The number of anilines is 1. The monoisotopic (exact) mass is 272 g/mol. The number of benzene rings is 1. The number of nitrogens with zero attached hydrogens (tertiary/aromatic N) is 1. The molecule has 0 aliphatic rings. The largest absolute Gasteiger partial charge is 0.444 e. The molecular formula is C15H16N2OS. The van der Waals surface area contributed by atoms with E-state index in [0.29, 0.717) is 12.5 Å². The lowest BCUT2D eigenvalue weighted by molar-refractivity contribution is 0.445. The third-order valence-electron chi connectivity index (χ3n) is 3.05. The quantitative estimate of drug-likeness (QED) is 0.752. The lowest BCUT2D eigenvalue weighted by atomic mass is 10.2. The molecule has 3 rings (SSSR count). The topological polar surface area (TPSA) is 38.1 Å². The highest BCUT2D eigenvalue weighted by Gasteiger charge is 2.08. The normalized spacial score (nSPS) is 11.3. The number of fused-ring (bicyclic) bond motifs is 1. The molecule has 98 valence electrons. The van der Waals surface area contributed by atoms with Crippen LogP contribution in [0.15, 0.2) is 40.3 Å². The van der Waals surface area contributed by atoms with Gasteiger partial charge in [0.25, 0.3) is 0 Å². The predicted molar refractivity (Wildman–Crippen MR) is 79.7 cm³/mol. The molecule has 2 aromatic heterocycles. The Morgan fingerprint density at radius 3 is 2.95 bits per heavy atom. The zero-order chi connectivity index (χ0) is 13.2. The summed E-state index contributed by atoms with van der Waals surface area (Å²) < 4.78 is 6.98. The Bertz CT molecular complexity index is 684. The van der Waals surface area contributed by atoms with Gasteiger partial charge in [-0.05, 0) is 6.07 Å². The van der Waals surface area contributed by atoms with Crippen LogP contribution in [0.5, 0.6) is 0 Å². The van der Waals surface area contributed by atoms with Crippen LogP contribution in [-0.2, 0) is 6.54 Å². The van der Waals surface area contributed by atoms with Crippen molar-refractivity contribution < 1.29 is 4.42 Å². The average molecular weight is 272 g/mol. The molecule has 19 heavy (non-hydrogen) atoms. The van der Waals surface area contributed by atoms with E-state index in [1.54, 1.807) is 11.3 Å². The molecule has 0 amide bonds. The van der Waals surface area contributed by atoms with Crippen LogP contribution in [-0.4, -0.2) is 4.98 Å². The van der Waals surface area contributed by atoms with Crippen molar-refractivity contribution in [3.8, 4) is 0 Å². The van der Waals surface area contributed by atoms with Gasteiger partial charge in [-0.2, -0.15) is 0 Å². The van der Waals surface area contributed by atoms with E-state index in [2.05, 4.69) is 53.8 Å². The van der Waals surface area contributed by atoms with Gasteiger partial charge in [0, 0.05) is 21.4 Å². The van der Waals surface area contributed by atoms with Gasteiger partial charge < -0.3 is 9.73 Å². The van der Waals surface area contributed by atoms with Gasteiger partial charge in [0.2, 0.25) is 5.89 Å². The predicted octanol–water partition coefficient (Wildman–Crippen LogP) is 4.62. The number of rotatable bonds is 4. The molecule has 0 atom stereocenters.